The minimum Gasteiger partial charge on any atom is -0.361 e. The number of aromatic amines is 1. The zero-order chi connectivity index (χ0) is 13.2. The van der Waals surface area contributed by atoms with Gasteiger partial charge in [0.1, 0.15) is 5.82 Å². The highest BCUT2D eigenvalue weighted by atomic mass is 19.1. The third-order valence-corrected chi connectivity index (χ3v) is 3.34. The number of nitrogens with two attached hydrogens (primary N) is 1. The lowest BCUT2D eigenvalue weighted by Gasteiger charge is -2.03. The molecular formula is C16H15FN2. The van der Waals surface area contributed by atoms with Crippen LogP contribution >= 0.6 is 0 Å². The Morgan fingerprint density at radius 2 is 1.89 bits per heavy atom. The van der Waals surface area contributed by atoms with Crippen LogP contribution in [0.15, 0.2) is 48.7 Å². The average molecular weight is 254 g/mol. The third-order valence-electron chi connectivity index (χ3n) is 3.34. The maximum absolute atomic E-state index is 13.3. The Morgan fingerprint density at radius 1 is 1.05 bits per heavy atom. The van der Waals surface area contributed by atoms with E-state index < -0.39 is 0 Å². The highest BCUT2D eigenvalue weighted by molar-refractivity contribution is 5.88. The molecule has 3 N–H and O–H groups in total. The van der Waals surface area contributed by atoms with Gasteiger partial charge in [-0.05, 0) is 53.9 Å². The molecule has 0 atom stereocenters. The Kier molecular flexibility index (Phi) is 3.05. The number of halogens is 1. The molecule has 3 aromatic rings. The Bertz CT molecular complexity index is 716. The number of hydrogen-bond acceptors (Lipinski definition) is 1. The van der Waals surface area contributed by atoms with E-state index in [-0.39, 0.29) is 5.82 Å². The van der Waals surface area contributed by atoms with Crippen LogP contribution in [0.1, 0.15) is 5.56 Å². The fraction of sp³-hybridized carbons (Fsp3) is 0.125. The maximum atomic E-state index is 13.3. The molecule has 0 spiro atoms. The summed E-state index contributed by atoms with van der Waals surface area (Å²) in [6.45, 7) is 0.622. The van der Waals surface area contributed by atoms with Crippen molar-refractivity contribution in [2.24, 2.45) is 5.73 Å². The molecule has 1 heterocycles. The van der Waals surface area contributed by atoms with Crippen molar-refractivity contribution in [1.29, 1.82) is 0 Å². The Labute approximate surface area is 111 Å². The lowest BCUT2D eigenvalue weighted by Crippen LogP contribution is -2.01. The molecule has 2 nitrogen and oxygen atoms in total. The highest BCUT2D eigenvalue weighted by Gasteiger charge is 2.06. The molecule has 0 unspecified atom stereocenters. The van der Waals surface area contributed by atoms with Crippen LogP contribution in [0.5, 0.6) is 0 Å². The smallest absolute Gasteiger partial charge is 0.123 e. The quantitative estimate of drug-likeness (QED) is 0.738. The number of fused-ring (bicyclic) bond motifs is 1. The van der Waals surface area contributed by atoms with Crippen LogP contribution in [0.25, 0.3) is 22.0 Å². The largest absolute Gasteiger partial charge is 0.361 e. The fourth-order valence-electron chi connectivity index (χ4n) is 2.39. The molecular weight excluding hydrogens is 239 g/mol. The van der Waals surface area contributed by atoms with Gasteiger partial charge in [-0.15, -0.1) is 0 Å². The van der Waals surface area contributed by atoms with E-state index in [1.54, 1.807) is 12.1 Å². The van der Waals surface area contributed by atoms with Crippen LogP contribution < -0.4 is 5.73 Å². The van der Waals surface area contributed by atoms with E-state index in [1.165, 1.54) is 11.6 Å². The number of nitrogens with one attached hydrogen (secondary N) is 1. The van der Waals surface area contributed by atoms with E-state index in [2.05, 4.69) is 11.1 Å². The van der Waals surface area contributed by atoms with Crippen LogP contribution in [0.2, 0.25) is 0 Å². The predicted molar refractivity (Wildman–Crippen MR) is 76.5 cm³/mol. The number of benzene rings is 2. The summed E-state index contributed by atoms with van der Waals surface area (Å²) in [6.07, 6.45) is 2.83. The topological polar surface area (TPSA) is 41.8 Å². The monoisotopic (exact) mass is 254 g/mol. The van der Waals surface area contributed by atoms with Gasteiger partial charge in [0.25, 0.3) is 0 Å². The standard InChI is InChI=1S/C16H15FN2/c17-14-3-1-2-11(8-14)12-4-5-16-15(9-12)13(6-7-18)10-19-16/h1-5,8-10,19H,6-7,18H2. The summed E-state index contributed by atoms with van der Waals surface area (Å²) >= 11 is 0. The molecule has 3 heteroatoms. The van der Waals surface area contributed by atoms with Gasteiger partial charge in [-0.2, -0.15) is 0 Å². The molecule has 0 fully saturated rings. The van der Waals surface area contributed by atoms with Crippen LogP contribution in [0, 0.1) is 5.82 Å². The molecule has 1 aromatic heterocycles. The second-order valence-corrected chi connectivity index (χ2v) is 4.62. The molecule has 0 saturated carbocycles. The highest BCUT2D eigenvalue weighted by Crippen LogP contribution is 2.26. The summed E-state index contributed by atoms with van der Waals surface area (Å²) in [5.41, 5.74) is 9.82. The average Bonchev–Trinajstić information content (AvgIpc) is 2.82. The van der Waals surface area contributed by atoms with E-state index >= 15 is 0 Å². The molecule has 0 saturated heterocycles. The van der Waals surface area contributed by atoms with Gasteiger partial charge in [-0.1, -0.05) is 18.2 Å². The second-order valence-electron chi connectivity index (χ2n) is 4.62. The third kappa shape index (κ3) is 2.25. The Balaban J connectivity index is 2.12. The normalized spacial score (nSPS) is 11.1. The first-order chi connectivity index (χ1) is 9.28. The molecule has 0 bridgehead atoms. The molecule has 0 radical (unpaired) electrons. The summed E-state index contributed by atoms with van der Waals surface area (Å²) < 4.78 is 13.3. The van der Waals surface area contributed by atoms with Gasteiger partial charge in [0.05, 0.1) is 0 Å². The Hall–Kier alpha value is -2.13. The van der Waals surface area contributed by atoms with Crippen molar-refractivity contribution in [3.05, 3.63) is 60.0 Å². The molecule has 2 aromatic carbocycles. The maximum Gasteiger partial charge on any atom is 0.123 e. The van der Waals surface area contributed by atoms with Crippen molar-refractivity contribution in [2.45, 2.75) is 6.42 Å². The molecule has 0 aliphatic carbocycles. The van der Waals surface area contributed by atoms with Crippen molar-refractivity contribution < 1.29 is 4.39 Å². The minimum absolute atomic E-state index is 0.214. The Morgan fingerprint density at radius 3 is 2.68 bits per heavy atom. The predicted octanol–water partition coefficient (Wildman–Crippen LogP) is 3.48. The first kappa shape index (κ1) is 11.9. The van der Waals surface area contributed by atoms with Crippen LogP contribution in [0.4, 0.5) is 4.39 Å². The van der Waals surface area contributed by atoms with E-state index in [0.717, 1.165) is 28.5 Å². The van der Waals surface area contributed by atoms with E-state index in [1.807, 2.05) is 24.4 Å². The molecule has 0 aliphatic rings. The summed E-state index contributed by atoms with van der Waals surface area (Å²) in [4.78, 5) is 3.23. The van der Waals surface area contributed by atoms with Gasteiger partial charge in [-0.3, -0.25) is 0 Å². The van der Waals surface area contributed by atoms with Crippen molar-refractivity contribution in [1.82, 2.24) is 4.98 Å². The van der Waals surface area contributed by atoms with Crippen LogP contribution in [0.3, 0.4) is 0 Å². The molecule has 0 amide bonds. The van der Waals surface area contributed by atoms with Gasteiger partial charge in [0.15, 0.2) is 0 Å². The van der Waals surface area contributed by atoms with Gasteiger partial charge in [0, 0.05) is 17.1 Å². The number of rotatable bonds is 3. The lowest BCUT2D eigenvalue weighted by atomic mass is 10.0. The summed E-state index contributed by atoms with van der Waals surface area (Å²) in [7, 11) is 0. The van der Waals surface area contributed by atoms with Crippen LogP contribution in [-0.4, -0.2) is 11.5 Å². The van der Waals surface area contributed by atoms with E-state index in [0.29, 0.717) is 6.54 Å². The van der Waals surface area contributed by atoms with Crippen molar-refractivity contribution in [2.75, 3.05) is 6.54 Å². The zero-order valence-corrected chi connectivity index (χ0v) is 10.5. The molecule has 3 rings (SSSR count). The summed E-state index contributed by atoms with van der Waals surface area (Å²) in [6, 6.07) is 12.8. The SMILES string of the molecule is NCCc1c[nH]c2ccc(-c3cccc(F)c3)cc12. The minimum atomic E-state index is -0.214. The van der Waals surface area contributed by atoms with Crippen molar-refractivity contribution in [3.8, 4) is 11.1 Å². The number of hydrogen-bond donors (Lipinski definition) is 2. The summed E-state index contributed by atoms with van der Waals surface area (Å²) in [5.74, 6) is -0.214. The zero-order valence-electron chi connectivity index (χ0n) is 10.5. The first-order valence-corrected chi connectivity index (χ1v) is 6.34. The van der Waals surface area contributed by atoms with E-state index in [4.69, 9.17) is 5.73 Å². The summed E-state index contributed by atoms with van der Waals surface area (Å²) in [5, 5.41) is 1.16. The van der Waals surface area contributed by atoms with Gasteiger partial charge >= 0.3 is 0 Å². The van der Waals surface area contributed by atoms with Gasteiger partial charge in [-0.25, -0.2) is 4.39 Å². The molecule has 96 valence electrons. The van der Waals surface area contributed by atoms with E-state index in [9.17, 15) is 4.39 Å². The fourth-order valence-corrected chi connectivity index (χ4v) is 2.39. The van der Waals surface area contributed by atoms with Gasteiger partial charge < -0.3 is 10.7 Å². The first-order valence-electron chi connectivity index (χ1n) is 6.34. The van der Waals surface area contributed by atoms with Crippen molar-refractivity contribution >= 4 is 10.9 Å². The number of aromatic nitrogens is 1. The number of H-pyrrole nitrogens is 1. The molecule has 19 heavy (non-hydrogen) atoms. The van der Waals surface area contributed by atoms with Crippen LogP contribution in [-0.2, 0) is 6.42 Å². The second kappa shape index (κ2) is 4.86. The molecule has 0 aliphatic heterocycles. The van der Waals surface area contributed by atoms with Crippen molar-refractivity contribution in [3.63, 3.8) is 0 Å². The van der Waals surface area contributed by atoms with Gasteiger partial charge in [0.2, 0.25) is 0 Å². The lowest BCUT2D eigenvalue weighted by molar-refractivity contribution is 0.628.